The number of likely N-dealkylation sites (tertiary alicyclic amines) is 1. The highest BCUT2D eigenvalue weighted by Gasteiger charge is 2.20. The van der Waals surface area contributed by atoms with E-state index in [0.717, 1.165) is 26.1 Å². The van der Waals surface area contributed by atoms with Gasteiger partial charge < -0.3 is 5.73 Å². The first kappa shape index (κ1) is 10.1. The number of hydrogen-bond acceptors (Lipinski definition) is 4. The number of rotatable bonds is 2. The number of thiazole rings is 1. The molecule has 0 radical (unpaired) electrons. The molecule has 4 heteroatoms. The second-order valence-corrected chi connectivity index (χ2v) is 5.32. The molecule has 0 saturated carbocycles. The van der Waals surface area contributed by atoms with Gasteiger partial charge in [0.1, 0.15) is 5.01 Å². The molecule has 14 heavy (non-hydrogen) atoms. The van der Waals surface area contributed by atoms with Gasteiger partial charge in [0.15, 0.2) is 0 Å². The zero-order valence-corrected chi connectivity index (χ0v) is 9.60. The van der Waals surface area contributed by atoms with Crippen LogP contribution in [0.1, 0.15) is 22.0 Å². The van der Waals surface area contributed by atoms with Gasteiger partial charge in [-0.25, -0.2) is 4.98 Å². The summed E-state index contributed by atoms with van der Waals surface area (Å²) in [7, 11) is 0. The van der Waals surface area contributed by atoms with Crippen molar-refractivity contribution in [1.82, 2.24) is 9.88 Å². The van der Waals surface area contributed by atoms with Crippen LogP contribution in [0, 0.1) is 13.8 Å². The number of aryl methyl sites for hydroxylation is 2. The fourth-order valence-electron chi connectivity index (χ4n) is 1.80. The summed E-state index contributed by atoms with van der Waals surface area (Å²) in [5.74, 6) is 0. The summed E-state index contributed by atoms with van der Waals surface area (Å²) in [5, 5.41) is 1.23. The van der Waals surface area contributed by atoms with Crippen molar-refractivity contribution in [3.63, 3.8) is 0 Å². The molecule has 1 aromatic rings. The zero-order valence-electron chi connectivity index (χ0n) is 8.79. The lowest BCUT2D eigenvalue weighted by Crippen LogP contribution is -2.26. The lowest BCUT2D eigenvalue weighted by Gasteiger charge is -2.12. The Morgan fingerprint density at radius 1 is 1.57 bits per heavy atom. The van der Waals surface area contributed by atoms with Crippen LogP contribution in [0.5, 0.6) is 0 Å². The fraction of sp³-hybridized carbons (Fsp3) is 0.700. The molecule has 78 valence electrons. The van der Waals surface area contributed by atoms with Crippen molar-refractivity contribution in [2.75, 3.05) is 13.1 Å². The van der Waals surface area contributed by atoms with Crippen LogP contribution in [0.25, 0.3) is 0 Å². The molecule has 0 aliphatic carbocycles. The Bertz CT molecular complexity index is 302. The summed E-state index contributed by atoms with van der Waals surface area (Å²) >= 11 is 1.81. The molecule has 1 aliphatic heterocycles. The minimum Gasteiger partial charge on any atom is -0.326 e. The van der Waals surface area contributed by atoms with Gasteiger partial charge in [-0.15, -0.1) is 11.3 Å². The Labute approximate surface area is 88.9 Å². The number of hydrogen-bond donors (Lipinski definition) is 1. The van der Waals surface area contributed by atoms with Crippen molar-refractivity contribution >= 4 is 11.3 Å². The predicted octanol–water partition coefficient (Wildman–Crippen LogP) is 1.29. The third-order valence-electron chi connectivity index (χ3n) is 2.74. The molecule has 1 saturated heterocycles. The lowest BCUT2D eigenvalue weighted by atomic mass is 10.3. The molecule has 0 aromatic carbocycles. The third-order valence-corrected chi connectivity index (χ3v) is 3.80. The lowest BCUT2D eigenvalue weighted by molar-refractivity contribution is 0.326. The highest BCUT2D eigenvalue weighted by atomic mass is 32.1. The van der Waals surface area contributed by atoms with Gasteiger partial charge in [0.25, 0.3) is 0 Å². The largest absolute Gasteiger partial charge is 0.326 e. The zero-order chi connectivity index (χ0) is 10.1. The molecule has 1 aromatic heterocycles. The Morgan fingerprint density at radius 3 is 2.86 bits per heavy atom. The summed E-state index contributed by atoms with van der Waals surface area (Å²) in [5.41, 5.74) is 7.03. The quantitative estimate of drug-likeness (QED) is 0.801. The average molecular weight is 211 g/mol. The predicted molar refractivity (Wildman–Crippen MR) is 59.5 cm³/mol. The fourth-order valence-corrected chi connectivity index (χ4v) is 2.78. The van der Waals surface area contributed by atoms with Crippen molar-refractivity contribution in [3.05, 3.63) is 15.6 Å². The van der Waals surface area contributed by atoms with Gasteiger partial charge in [-0.2, -0.15) is 0 Å². The van der Waals surface area contributed by atoms with Crippen LogP contribution >= 0.6 is 11.3 Å². The average Bonchev–Trinajstić information content (AvgIpc) is 2.62. The van der Waals surface area contributed by atoms with E-state index in [1.807, 2.05) is 11.3 Å². The molecule has 0 unspecified atom stereocenters. The van der Waals surface area contributed by atoms with Crippen molar-refractivity contribution < 1.29 is 0 Å². The Balaban J connectivity index is 1.97. The van der Waals surface area contributed by atoms with Gasteiger partial charge in [-0.3, -0.25) is 4.90 Å². The van der Waals surface area contributed by atoms with Crippen LogP contribution in [-0.2, 0) is 6.54 Å². The first-order valence-electron chi connectivity index (χ1n) is 5.06. The van der Waals surface area contributed by atoms with E-state index in [9.17, 15) is 0 Å². The van der Waals surface area contributed by atoms with E-state index in [4.69, 9.17) is 5.73 Å². The number of nitrogens with zero attached hydrogens (tertiary/aromatic N) is 2. The maximum atomic E-state index is 5.86. The molecule has 2 heterocycles. The molecule has 0 amide bonds. The minimum atomic E-state index is 0.372. The van der Waals surface area contributed by atoms with Crippen LogP contribution in [0.3, 0.4) is 0 Å². The molecule has 0 bridgehead atoms. The monoisotopic (exact) mass is 211 g/mol. The summed E-state index contributed by atoms with van der Waals surface area (Å²) in [6, 6.07) is 0.372. The standard InChI is InChI=1S/C10H17N3S/c1-7-8(2)14-10(12-7)6-13-4-3-9(11)5-13/h9H,3-6,11H2,1-2H3/t9-/m0/s1. The molecule has 2 N–H and O–H groups in total. The number of aromatic nitrogens is 1. The minimum absolute atomic E-state index is 0.372. The first-order valence-corrected chi connectivity index (χ1v) is 5.87. The van der Waals surface area contributed by atoms with Crippen LogP contribution in [0.4, 0.5) is 0 Å². The maximum Gasteiger partial charge on any atom is 0.107 e. The van der Waals surface area contributed by atoms with E-state index in [0.29, 0.717) is 6.04 Å². The maximum absolute atomic E-state index is 5.86. The topological polar surface area (TPSA) is 42.2 Å². The smallest absolute Gasteiger partial charge is 0.107 e. The second-order valence-electron chi connectivity index (χ2n) is 4.03. The Morgan fingerprint density at radius 2 is 2.36 bits per heavy atom. The molecule has 2 rings (SSSR count). The molecule has 3 nitrogen and oxygen atoms in total. The SMILES string of the molecule is Cc1nc(CN2CC[C@H](N)C2)sc1C. The Hall–Kier alpha value is -0.450. The molecular weight excluding hydrogens is 194 g/mol. The van der Waals surface area contributed by atoms with Gasteiger partial charge >= 0.3 is 0 Å². The van der Waals surface area contributed by atoms with Crippen molar-refractivity contribution in [2.24, 2.45) is 5.73 Å². The Kier molecular flexibility index (Phi) is 2.85. The van der Waals surface area contributed by atoms with Crippen LogP contribution in [0.15, 0.2) is 0 Å². The summed E-state index contributed by atoms with van der Waals surface area (Å²) in [6.45, 7) is 7.33. The molecule has 1 atom stereocenters. The second kappa shape index (κ2) is 3.96. The van der Waals surface area contributed by atoms with Crippen LogP contribution < -0.4 is 5.73 Å². The summed E-state index contributed by atoms with van der Waals surface area (Å²) in [6.07, 6.45) is 1.13. The summed E-state index contributed by atoms with van der Waals surface area (Å²) < 4.78 is 0. The first-order chi connectivity index (χ1) is 6.65. The van der Waals surface area contributed by atoms with E-state index >= 15 is 0 Å². The third kappa shape index (κ3) is 2.13. The molecule has 1 fully saturated rings. The molecular formula is C10H17N3S. The normalized spacial score (nSPS) is 23.2. The number of nitrogens with two attached hydrogens (primary N) is 1. The van der Waals surface area contributed by atoms with Gasteiger partial charge in [-0.05, 0) is 20.3 Å². The molecule has 0 spiro atoms. The van der Waals surface area contributed by atoms with E-state index in [1.165, 1.54) is 15.6 Å². The van der Waals surface area contributed by atoms with Gasteiger partial charge in [0.05, 0.1) is 12.2 Å². The van der Waals surface area contributed by atoms with Crippen molar-refractivity contribution in [3.8, 4) is 0 Å². The van der Waals surface area contributed by atoms with E-state index in [-0.39, 0.29) is 0 Å². The van der Waals surface area contributed by atoms with Crippen molar-refractivity contribution in [2.45, 2.75) is 32.9 Å². The van der Waals surface area contributed by atoms with E-state index in [2.05, 4.69) is 23.7 Å². The van der Waals surface area contributed by atoms with Gasteiger partial charge in [-0.1, -0.05) is 0 Å². The van der Waals surface area contributed by atoms with Crippen molar-refractivity contribution in [1.29, 1.82) is 0 Å². The van der Waals surface area contributed by atoms with Gasteiger partial charge in [0, 0.05) is 24.0 Å². The molecule has 1 aliphatic rings. The van der Waals surface area contributed by atoms with E-state index < -0.39 is 0 Å². The van der Waals surface area contributed by atoms with Crippen LogP contribution in [0.2, 0.25) is 0 Å². The highest BCUT2D eigenvalue weighted by molar-refractivity contribution is 7.11. The van der Waals surface area contributed by atoms with Crippen LogP contribution in [-0.4, -0.2) is 29.0 Å². The van der Waals surface area contributed by atoms with Gasteiger partial charge in [0.2, 0.25) is 0 Å². The summed E-state index contributed by atoms with van der Waals surface area (Å²) in [4.78, 5) is 8.26. The van der Waals surface area contributed by atoms with E-state index in [1.54, 1.807) is 0 Å². The highest BCUT2D eigenvalue weighted by Crippen LogP contribution is 2.19.